The Kier molecular flexibility index (Phi) is 3.38. The Labute approximate surface area is 82.8 Å². The van der Waals surface area contributed by atoms with Gasteiger partial charge in [0.05, 0.1) is 15.2 Å². The van der Waals surface area contributed by atoms with Gasteiger partial charge in [0.25, 0.3) is 0 Å². The van der Waals surface area contributed by atoms with Crippen molar-refractivity contribution in [1.29, 1.82) is 0 Å². The largest absolute Gasteiger partial charge is 0.465 e. The molecule has 0 saturated carbocycles. The van der Waals surface area contributed by atoms with Gasteiger partial charge in [0.2, 0.25) is 0 Å². The van der Waals surface area contributed by atoms with Gasteiger partial charge in [0.1, 0.15) is 0 Å². The maximum Gasteiger partial charge on any atom is 0.339 e. The fourth-order valence-corrected chi connectivity index (χ4v) is 2.48. The zero-order chi connectivity index (χ0) is 8.27. The summed E-state index contributed by atoms with van der Waals surface area (Å²) in [6.45, 7) is 0. The van der Waals surface area contributed by atoms with Crippen molar-refractivity contribution in [2.75, 3.05) is 7.11 Å². The molecule has 0 bridgehead atoms. The first-order valence-electron chi connectivity index (χ1n) is 2.74. The number of hydrogen-bond acceptors (Lipinski definition) is 3. The topological polar surface area (TPSA) is 38.7 Å². The second kappa shape index (κ2) is 4.10. The SMILES string of the molecule is COC(=O)C1=CN=IC(Br)=C1. The molecule has 60 valence electrons. The lowest BCUT2D eigenvalue weighted by atomic mass is 10.3. The molecule has 0 aromatic rings. The summed E-state index contributed by atoms with van der Waals surface area (Å²) < 4.78 is 9.56. The van der Waals surface area contributed by atoms with E-state index in [-0.39, 0.29) is 27.0 Å². The summed E-state index contributed by atoms with van der Waals surface area (Å²) in [6, 6.07) is 0. The van der Waals surface area contributed by atoms with Crippen molar-refractivity contribution in [3.05, 3.63) is 20.3 Å². The van der Waals surface area contributed by atoms with Crippen molar-refractivity contribution in [1.82, 2.24) is 0 Å². The van der Waals surface area contributed by atoms with E-state index in [4.69, 9.17) is 0 Å². The highest BCUT2D eigenvalue weighted by atomic mass is 127. The van der Waals surface area contributed by atoms with Crippen LogP contribution >= 0.6 is 37.0 Å². The van der Waals surface area contributed by atoms with Gasteiger partial charge in [-0.2, -0.15) is 0 Å². The molecule has 0 fully saturated rings. The molecule has 1 heterocycles. The second-order valence-electron chi connectivity index (χ2n) is 1.69. The van der Waals surface area contributed by atoms with Crippen molar-refractivity contribution in [3.8, 4) is 0 Å². The molecule has 11 heavy (non-hydrogen) atoms. The quantitative estimate of drug-likeness (QED) is 0.547. The third-order valence-electron chi connectivity index (χ3n) is 1.00. The van der Waals surface area contributed by atoms with E-state index in [0.29, 0.717) is 5.57 Å². The summed E-state index contributed by atoms with van der Waals surface area (Å²) in [6.07, 6.45) is 3.32. The highest BCUT2D eigenvalue weighted by Gasteiger charge is 2.08. The molecule has 1 rings (SSSR count). The lowest BCUT2D eigenvalue weighted by Gasteiger charge is -2.00. The van der Waals surface area contributed by atoms with E-state index in [1.165, 1.54) is 7.11 Å². The van der Waals surface area contributed by atoms with Crippen LogP contribution in [0.1, 0.15) is 0 Å². The summed E-state index contributed by atoms with van der Waals surface area (Å²) in [5.74, 6) is -0.339. The highest BCUT2D eigenvalue weighted by molar-refractivity contribution is 14.2. The zero-order valence-corrected chi connectivity index (χ0v) is 9.42. The molecular weight excluding hydrogens is 325 g/mol. The minimum atomic E-state index is -0.339. The second-order valence-corrected chi connectivity index (χ2v) is 6.23. The van der Waals surface area contributed by atoms with Gasteiger partial charge in [-0.3, -0.25) is 0 Å². The number of rotatable bonds is 1. The molecule has 0 spiro atoms. The van der Waals surface area contributed by atoms with E-state index in [1.54, 1.807) is 12.3 Å². The number of esters is 1. The number of hydrogen-bond donors (Lipinski definition) is 0. The summed E-state index contributed by atoms with van der Waals surface area (Å²) >= 11 is 3.01. The standard InChI is InChI=1S/C6H5BrINO2/c1-11-6(10)4-2-5(7)8-9-3-4/h2-3H,1H3. The van der Waals surface area contributed by atoms with Crippen LogP contribution in [0.25, 0.3) is 0 Å². The molecule has 0 radical (unpaired) electrons. The molecule has 1 aliphatic heterocycles. The molecular formula is C6H5BrINO2. The van der Waals surface area contributed by atoms with Gasteiger partial charge in [-0.05, 0) is 22.0 Å². The Hall–Kier alpha value is -0.0400. The molecule has 5 heteroatoms. The summed E-state index contributed by atoms with van der Waals surface area (Å²) in [5.41, 5.74) is 0.505. The minimum absolute atomic E-state index is 0.287. The number of halogens is 2. The van der Waals surface area contributed by atoms with E-state index >= 15 is 0 Å². The van der Waals surface area contributed by atoms with Crippen LogP contribution in [0.3, 0.4) is 0 Å². The van der Waals surface area contributed by atoms with E-state index in [1.807, 2.05) is 0 Å². The van der Waals surface area contributed by atoms with Crippen LogP contribution in [0.5, 0.6) is 0 Å². The molecule has 0 aromatic carbocycles. The molecule has 0 atom stereocenters. The van der Waals surface area contributed by atoms with E-state index in [2.05, 4.69) is 23.8 Å². The third kappa shape index (κ3) is 2.48. The van der Waals surface area contributed by atoms with Crippen LogP contribution in [-0.2, 0) is 9.53 Å². The van der Waals surface area contributed by atoms with Crippen LogP contribution in [-0.4, -0.2) is 13.1 Å². The average molecular weight is 330 g/mol. The predicted molar refractivity (Wildman–Crippen MR) is 53.6 cm³/mol. The van der Waals surface area contributed by atoms with Crippen LogP contribution in [0, 0.1) is 0 Å². The van der Waals surface area contributed by atoms with Gasteiger partial charge in [-0.1, -0.05) is 0 Å². The number of carbonyl (C=O) groups excluding carboxylic acids is 1. The van der Waals surface area contributed by atoms with Gasteiger partial charge in [-0.25, -0.2) is 7.94 Å². The lowest BCUT2D eigenvalue weighted by molar-refractivity contribution is -0.135. The number of nitrogens with zero attached hydrogens (tertiary/aromatic N) is 1. The van der Waals surface area contributed by atoms with Crippen LogP contribution in [0.4, 0.5) is 0 Å². The number of carbonyl (C=O) groups is 1. The summed E-state index contributed by atoms with van der Waals surface area (Å²) in [4.78, 5) is 10.9. The van der Waals surface area contributed by atoms with Gasteiger partial charge in [0, 0.05) is 27.2 Å². The Morgan fingerprint density at radius 3 is 3.09 bits per heavy atom. The zero-order valence-electron chi connectivity index (χ0n) is 5.67. The Balaban J connectivity index is 2.84. The number of methoxy groups -OCH3 is 1. The Bertz CT molecular complexity index is 270. The van der Waals surface area contributed by atoms with Crippen molar-refractivity contribution >= 4 is 42.9 Å². The van der Waals surface area contributed by atoms with Crippen molar-refractivity contribution in [3.63, 3.8) is 0 Å². The lowest BCUT2D eigenvalue weighted by Crippen LogP contribution is -2.02. The fourth-order valence-electron chi connectivity index (χ4n) is 0.532. The highest BCUT2D eigenvalue weighted by Crippen LogP contribution is 2.29. The first kappa shape index (κ1) is 9.05. The van der Waals surface area contributed by atoms with E-state index < -0.39 is 0 Å². The van der Waals surface area contributed by atoms with Crippen molar-refractivity contribution < 1.29 is 9.53 Å². The first-order chi connectivity index (χ1) is 5.24. The normalized spacial score (nSPS) is 16.2. The fraction of sp³-hybridized carbons (Fsp3) is 0.167. The average Bonchev–Trinajstić information content (AvgIpc) is 2.03. The summed E-state index contributed by atoms with van der Waals surface area (Å²) in [5, 5.41) is 0. The molecule has 0 aromatic heterocycles. The molecule has 0 saturated heterocycles. The smallest absolute Gasteiger partial charge is 0.339 e. The monoisotopic (exact) mass is 329 g/mol. The van der Waals surface area contributed by atoms with Crippen LogP contribution < -0.4 is 0 Å². The molecule has 0 aliphatic carbocycles. The molecule has 0 unspecified atom stereocenters. The molecule has 0 amide bonds. The van der Waals surface area contributed by atoms with Crippen LogP contribution in [0.2, 0.25) is 0 Å². The van der Waals surface area contributed by atoms with Crippen molar-refractivity contribution in [2.24, 2.45) is 3.15 Å². The maximum absolute atomic E-state index is 10.9. The van der Waals surface area contributed by atoms with Crippen LogP contribution in [0.15, 0.2) is 23.5 Å². The Morgan fingerprint density at radius 2 is 2.55 bits per heavy atom. The van der Waals surface area contributed by atoms with E-state index in [9.17, 15) is 4.79 Å². The third-order valence-corrected chi connectivity index (χ3v) is 3.46. The predicted octanol–water partition coefficient (Wildman–Crippen LogP) is 2.45. The van der Waals surface area contributed by atoms with E-state index in [0.717, 1.165) is 2.49 Å². The maximum atomic E-state index is 10.9. The molecule has 1 aliphatic rings. The summed E-state index contributed by atoms with van der Waals surface area (Å²) in [7, 11) is 1.36. The first-order valence-corrected chi connectivity index (χ1v) is 5.57. The molecule has 0 N–H and O–H groups in total. The van der Waals surface area contributed by atoms with Gasteiger partial charge in [-0.15, -0.1) is 0 Å². The number of ether oxygens (including phenoxy) is 1. The minimum Gasteiger partial charge on any atom is -0.465 e. The van der Waals surface area contributed by atoms with Gasteiger partial charge < -0.3 is 4.74 Å². The molecule has 3 nitrogen and oxygen atoms in total. The van der Waals surface area contributed by atoms with Gasteiger partial charge in [0.15, 0.2) is 0 Å². The van der Waals surface area contributed by atoms with Gasteiger partial charge >= 0.3 is 5.97 Å². The van der Waals surface area contributed by atoms with Crippen molar-refractivity contribution in [2.45, 2.75) is 0 Å². The Morgan fingerprint density at radius 1 is 1.82 bits per heavy atom.